The Kier molecular flexibility index (Phi) is 4.23. The quantitative estimate of drug-likeness (QED) is 0.592. The molecule has 0 aliphatic carbocycles. The van der Waals surface area contributed by atoms with Gasteiger partial charge in [0.15, 0.2) is 0 Å². The molecule has 0 unspecified atom stereocenters. The minimum absolute atomic E-state index is 0.0928. The van der Waals surface area contributed by atoms with Crippen LogP contribution in [0.25, 0.3) is 0 Å². The molecule has 0 aliphatic rings. The van der Waals surface area contributed by atoms with Gasteiger partial charge >= 0.3 is 0 Å². The fourth-order valence-electron chi connectivity index (χ4n) is 0.967. The third kappa shape index (κ3) is 2.97. The second-order valence-electron chi connectivity index (χ2n) is 2.66. The van der Waals surface area contributed by atoms with Crippen molar-refractivity contribution in [2.45, 2.75) is 26.2 Å². The monoisotopic (exact) mass is 238 g/mol. The van der Waals surface area contributed by atoms with E-state index in [4.69, 9.17) is 34.8 Å². The van der Waals surface area contributed by atoms with Crippen LogP contribution < -0.4 is 0 Å². The van der Waals surface area contributed by atoms with Crippen molar-refractivity contribution in [3.63, 3.8) is 0 Å². The van der Waals surface area contributed by atoms with Crippen LogP contribution in [0.15, 0.2) is 0 Å². The zero-order valence-electron chi connectivity index (χ0n) is 7.15. The van der Waals surface area contributed by atoms with Crippen LogP contribution >= 0.6 is 34.8 Å². The van der Waals surface area contributed by atoms with E-state index < -0.39 is 0 Å². The molecule has 0 bridgehead atoms. The molecule has 0 spiro atoms. The van der Waals surface area contributed by atoms with E-state index in [1.807, 2.05) is 0 Å². The van der Waals surface area contributed by atoms with Crippen LogP contribution in [0.2, 0.25) is 15.6 Å². The summed E-state index contributed by atoms with van der Waals surface area (Å²) in [6.07, 6.45) is 2.89. The van der Waals surface area contributed by atoms with Crippen molar-refractivity contribution in [2.24, 2.45) is 0 Å². The first-order chi connectivity index (χ1) is 6.15. The summed E-state index contributed by atoms with van der Waals surface area (Å²) < 4.78 is 0. The first kappa shape index (κ1) is 11.0. The maximum Gasteiger partial charge on any atom is 0.225 e. The molecule has 1 aromatic heterocycles. The van der Waals surface area contributed by atoms with Gasteiger partial charge in [0.1, 0.15) is 10.3 Å². The van der Waals surface area contributed by atoms with Gasteiger partial charge in [-0.1, -0.05) is 36.5 Å². The second kappa shape index (κ2) is 4.99. The molecule has 0 saturated heterocycles. The van der Waals surface area contributed by atoms with Crippen molar-refractivity contribution in [3.05, 3.63) is 21.2 Å². The van der Waals surface area contributed by atoms with E-state index in [1.54, 1.807) is 0 Å². The molecule has 0 amide bonds. The normalized spacial score (nSPS) is 10.5. The highest BCUT2D eigenvalue weighted by atomic mass is 35.5. The number of hydrogen-bond donors (Lipinski definition) is 0. The van der Waals surface area contributed by atoms with E-state index in [-0.39, 0.29) is 5.28 Å². The lowest BCUT2D eigenvalue weighted by Crippen LogP contribution is -1.94. The summed E-state index contributed by atoms with van der Waals surface area (Å²) >= 11 is 17.3. The van der Waals surface area contributed by atoms with Crippen molar-refractivity contribution in [2.75, 3.05) is 0 Å². The smallest absolute Gasteiger partial charge is 0.206 e. The summed E-state index contributed by atoms with van der Waals surface area (Å²) in [5.74, 6) is 0. The average Bonchev–Trinajstić information content (AvgIpc) is 2.02. The topological polar surface area (TPSA) is 25.8 Å². The molecular weight excluding hydrogens is 230 g/mol. The van der Waals surface area contributed by atoms with Crippen LogP contribution in [0.3, 0.4) is 0 Å². The highest BCUT2D eigenvalue weighted by molar-refractivity contribution is 6.36. The Balaban J connectivity index is 2.92. The van der Waals surface area contributed by atoms with Crippen LogP contribution in [0.5, 0.6) is 0 Å². The third-order valence-electron chi connectivity index (χ3n) is 1.66. The molecule has 72 valence electrons. The number of unbranched alkanes of at least 4 members (excludes halogenated alkanes) is 1. The summed E-state index contributed by atoms with van der Waals surface area (Å²) in [5, 5.41) is 0.812. The molecule has 0 radical (unpaired) electrons. The van der Waals surface area contributed by atoms with Crippen LogP contribution in [0.1, 0.15) is 25.3 Å². The summed E-state index contributed by atoms with van der Waals surface area (Å²) in [4.78, 5) is 7.65. The molecular formula is C8H9Cl3N2. The molecule has 0 fully saturated rings. The molecule has 2 nitrogen and oxygen atoms in total. The van der Waals surface area contributed by atoms with E-state index in [0.717, 1.165) is 24.8 Å². The standard InChI is InChI=1S/C8H9Cl3N2/c1-2-3-4-5-6(9)12-8(11)13-7(5)10/h2-4H2,1H3. The van der Waals surface area contributed by atoms with Crippen LogP contribution in [-0.2, 0) is 6.42 Å². The lowest BCUT2D eigenvalue weighted by molar-refractivity contribution is 0.788. The number of rotatable bonds is 3. The third-order valence-corrected chi connectivity index (χ3v) is 2.45. The Morgan fingerprint density at radius 1 is 1.08 bits per heavy atom. The molecule has 0 saturated carbocycles. The SMILES string of the molecule is CCCCc1c(Cl)nc(Cl)nc1Cl. The van der Waals surface area contributed by atoms with Gasteiger partial charge in [-0.2, -0.15) is 0 Å². The van der Waals surface area contributed by atoms with Gasteiger partial charge in [-0.25, -0.2) is 9.97 Å². The first-order valence-corrected chi connectivity index (χ1v) is 5.16. The Morgan fingerprint density at radius 3 is 2.08 bits per heavy atom. The van der Waals surface area contributed by atoms with Gasteiger partial charge in [0.2, 0.25) is 5.28 Å². The van der Waals surface area contributed by atoms with Gasteiger partial charge in [0.05, 0.1) is 0 Å². The average molecular weight is 240 g/mol. The summed E-state index contributed by atoms with van der Waals surface area (Å²) in [7, 11) is 0. The maximum absolute atomic E-state index is 5.85. The number of nitrogens with zero attached hydrogens (tertiary/aromatic N) is 2. The lowest BCUT2D eigenvalue weighted by atomic mass is 10.1. The van der Waals surface area contributed by atoms with Gasteiger partial charge in [0, 0.05) is 5.56 Å². The molecule has 1 aromatic rings. The second-order valence-corrected chi connectivity index (χ2v) is 3.71. The molecule has 5 heteroatoms. The lowest BCUT2D eigenvalue weighted by Gasteiger charge is -2.04. The predicted octanol–water partition coefficient (Wildman–Crippen LogP) is 3.78. The van der Waals surface area contributed by atoms with Crippen LogP contribution in [0.4, 0.5) is 0 Å². The van der Waals surface area contributed by atoms with Gasteiger partial charge in [-0.3, -0.25) is 0 Å². The first-order valence-electron chi connectivity index (χ1n) is 4.02. The van der Waals surface area contributed by atoms with E-state index in [9.17, 15) is 0 Å². The van der Waals surface area contributed by atoms with Crippen LogP contribution in [-0.4, -0.2) is 9.97 Å². The fourth-order valence-corrected chi connectivity index (χ4v) is 1.80. The minimum atomic E-state index is 0.0928. The zero-order valence-corrected chi connectivity index (χ0v) is 9.42. The van der Waals surface area contributed by atoms with Gasteiger partial charge in [-0.15, -0.1) is 0 Å². The summed E-state index contributed by atoms with van der Waals surface area (Å²) in [6, 6.07) is 0. The van der Waals surface area contributed by atoms with Crippen molar-refractivity contribution in [1.82, 2.24) is 9.97 Å². The Hall–Kier alpha value is -0.0500. The van der Waals surface area contributed by atoms with Crippen molar-refractivity contribution < 1.29 is 0 Å². The molecule has 0 aromatic carbocycles. The molecule has 0 aliphatic heterocycles. The predicted molar refractivity (Wildman–Crippen MR) is 55.7 cm³/mol. The Morgan fingerprint density at radius 2 is 1.62 bits per heavy atom. The summed E-state index contributed by atoms with van der Waals surface area (Å²) in [5.41, 5.74) is 0.787. The van der Waals surface area contributed by atoms with E-state index in [2.05, 4.69) is 16.9 Å². The van der Waals surface area contributed by atoms with Crippen molar-refractivity contribution in [3.8, 4) is 0 Å². The number of aromatic nitrogens is 2. The maximum atomic E-state index is 5.85. The Bertz CT molecular complexity index is 278. The molecule has 1 heterocycles. The van der Waals surface area contributed by atoms with Gasteiger partial charge < -0.3 is 0 Å². The Labute approximate surface area is 92.2 Å². The molecule has 1 rings (SSSR count). The van der Waals surface area contributed by atoms with Crippen molar-refractivity contribution in [1.29, 1.82) is 0 Å². The van der Waals surface area contributed by atoms with Gasteiger partial charge in [0.25, 0.3) is 0 Å². The fraction of sp³-hybridized carbons (Fsp3) is 0.500. The molecule has 13 heavy (non-hydrogen) atoms. The largest absolute Gasteiger partial charge is 0.225 e. The number of halogens is 3. The molecule has 0 N–H and O–H groups in total. The minimum Gasteiger partial charge on any atom is -0.206 e. The molecule has 0 atom stereocenters. The number of hydrogen-bond acceptors (Lipinski definition) is 2. The zero-order chi connectivity index (χ0) is 9.84. The summed E-state index contributed by atoms with van der Waals surface area (Å²) in [6.45, 7) is 2.10. The van der Waals surface area contributed by atoms with E-state index >= 15 is 0 Å². The highest BCUT2D eigenvalue weighted by Crippen LogP contribution is 2.24. The van der Waals surface area contributed by atoms with E-state index in [1.165, 1.54) is 0 Å². The van der Waals surface area contributed by atoms with Crippen molar-refractivity contribution >= 4 is 34.8 Å². The van der Waals surface area contributed by atoms with Crippen LogP contribution in [0, 0.1) is 0 Å². The van der Waals surface area contributed by atoms with E-state index in [0.29, 0.717) is 10.3 Å². The van der Waals surface area contributed by atoms with Gasteiger partial charge in [-0.05, 0) is 24.4 Å². The highest BCUT2D eigenvalue weighted by Gasteiger charge is 2.09.